The van der Waals surface area contributed by atoms with Crippen LogP contribution in [0.4, 0.5) is 0 Å². The maximum atomic E-state index is 4.79. The SMILES string of the molecule is c1ccc(-c2ccnc(-c3ccccc3-c3ccccc3)n2)cc1. The molecular formula is C22H16N2. The van der Waals surface area contributed by atoms with Gasteiger partial charge in [-0.25, -0.2) is 9.97 Å². The highest BCUT2D eigenvalue weighted by Crippen LogP contribution is 2.30. The lowest BCUT2D eigenvalue weighted by Crippen LogP contribution is -1.93. The number of hydrogen-bond acceptors (Lipinski definition) is 2. The van der Waals surface area contributed by atoms with Gasteiger partial charge in [0.05, 0.1) is 5.69 Å². The minimum atomic E-state index is 0.746. The number of benzene rings is 3. The number of aromatic nitrogens is 2. The zero-order valence-electron chi connectivity index (χ0n) is 13.1. The van der Waals surface area contributed by atoms with Crippen LogP contribution in [0.15, 0.2) is 97.2 Å². The normalized spacial score (nSPS) is 10.5. The van der Waals surface area contributed by atoms with E-state index >= 15 is 0 Å². The summed E-state index contributed by atoms with van der Waals surface area (Å²) in [6.07, 6.45) is 1.83. The average molecular weight is 308 g/mol. The molecule has 0 atom stereocenters. The van der Waals surface area contributed by atoms with Gasteiger partial charge in [-0.3, -0.25) is 0 Å². The van der Waals surface area contributed by atoms with Crippen LogP contribution in [-0.2, 0) is 0 Å². The van der Waals surface area contributed by atoms with Gasteiger partial charge in [0.1, 0.15) is 0 Å². The van der Waals surface area contributed by atoms with E-state index in [0.29, 0.717) is 0 Å². The second-order valence-electron chi connectivity index (χ2n) is 5.54. The molecule has 0 N–H and O–H groups in total. The van der Waals surface area contributed by atoms with E-state index < -0.39 is 0 Å². The van der Waals surface area contributed by atoms with Gasteiger partial charge >= 0.3 is 0 Å². The molecule has 114 valence electrons. The van der Waals surface area contributed by atoms with Crippen molar-refractivity contribution < 1.29 is 0 Å². The topological polar surface area (TPSA) is 25.8 Å². The van der Waals surface area contributed by atoms with Crippen LogP contribution in [0.2, 0.25) is 0 Å². The standard InChI is InChI=1S/C22H16N2/c1-3-9-17(10-4-1)19-13-7-8-14-20(19)22-23-16-15-21(24-22)18-11-5-2-6-12-18/h1-16H. The Bertz CT molecular complexity index is 948. The van der Waals surface area contributed by atoms with Gasteiger partial charge in [0.25, 0.3) is 0 Å². The van der Waals surface area contributed by atoms with Crippen molar-refractivity contribution in [1.82, 2.24) is 9.97 Å². The van der Waals surface area contributed by atoms with Gasteiger partial charge in [-0.15, -0.1) is 0 Å². The summed E-state index contributed by atoms with van der Waals surface area (Å²) in [5.41, 5.74) is 5.38. The van der Waals surface area contributed by atoms with Crippen LogP contribution in [0.3, 0.4) is 0 Å². The van der Waals surface area contributed by atoms with Crippen LogP contribution in [0.5, 0.6) is 0 Å². The van der Waals surface area contributed by atoms with Crippen LogP contribution in [0, 0.1) is 0 Å². The quantitative estimate of drug-likeness (QED) is 0.501. The van der Waals surface area contributed by atoms with E-state index in [1.807, 2.05) is 60.8 Å². The third-order valence-corrected chi connectivity index (χ3v) is 3.98. The predicted octanol–water partition coefficient (Wildman–Crippen LogP) is 5.48. The maximum Gasteiger partial charge on any atom is 0.160 e. The molecule has 0 fully saturated rings. The molecule has 0 aliphatic heterocycles. The Labute approximate surface area is 141 Å². The highest BCUT2D eigenvalue weighted by atomic mass is 14.9. The largest absolute Gasteiger partial charge is 0.237 e. The second-order valence-corrected chi connectivity index (χ2v) is 5.54. The molecule has 0 aliphatic carbocycles. The third-order valence-electron chi connectivity index (χ3n) is 3.98. The van der Waals surface area contributed by atoms with Crippen LogP contribution in [-0.4, -0.2) is 9.97 Å². The van der Waals surface area contributed by atoms with E-state index in [9.17, 15) is 0 Å². The van der Waals surface area contributed by atoms with Crippen LogP contribution in [0.25, 0.3) is 33.8 Å². The third kappa shape index (κ3) is 2.82. The van der Waals surface area contributed by atoms with Crippen molar-refractivity contribution in [3.63, 3.8) is 0 Å². The number of nitrogens with zero attached hydrogens (tertiary/aromatic N) is 2. The summed E-state index contributed by atoms with van der Waals surface area (Å²) in [4.78, 5) is 9.30. The van der Waals surface area contributed by atoms with Crippen LogP contribution < -0.4 is 0 Å². The van der Waals surface area contributed by atoms with Crippen molar-refractivity contribution in [3.8, 4) is 33.8 Å². The smallest absolute Gasteiger partial charge is 0.160 e. The summed E-state index contributed by atoms with van der Waals surface area (Å²) in [6.45, 7) is 0. The van der Waals surface area contributed by atoms with Gasteiger partial charge in [0.15, 0.2) is 5.82 Å². The summed E-state index contributed by atoms with van der Waals surface area (Å²) in [6, 6.07) is 30.7. The van der Waals surface area contributed by atoms with Gasteiger partial charge in [-0.2, -0.15) is 0 Å². The molecule has 4 rings (SSSR count). The van der Waals surface area contributed by atoms with E-state index in [1.54, 1.807) is 0 Å². The Balaban J connectivity index is 1.84. The van der Waals surface area contributed by atoms with E-state index in [4.69, 9.17) is 4.98 Å². The van der Waals surface area contributed by atoms with Crippen molar-refractivity contribution in [3.05, 3.63) is 97.2 Å². The Kier molecular flexibility index (Phi) is 3.86. The molecule has 0 radical (unpaired) electrons. The summed E-state index contributed by atoms with van der Waals surface area (Å²) < 4.78 is 0. The first-order chi connectivity index (χ1) is 11.9. The summed E-state index contributed by atoms with van der Waals surface area (Å²) in [7, 11) is 0. The van der Waals surface area contributed by atoms with Crippen molar-refractivity contribution in [2.24, 2.45) is 0 Å². The molecule has 1 heterocycles. The molecule has 0 bridgehead atoms. The monoisotopic (exact) mass is 308 g/mol. The molecule has 24 heavy (non-hydrogen) atoms. The predicted molar refractivity (Wildman–Crippen MR) is 98.3 cm³/mol. The first-order valence-electron chi connectivity index (χ1n) is 7.95. The van der Waals surface area contributed by atoms with Crippen molar-refractivity contribution in [2.75, 3.05) is 0 Å². The zero-order valence-corrected chi connectivity index (χ0v) is 13.1. The zero-order chi connectivity index (χ0) is 16.2. The molecule has 0 unspecified atom stereocenters. The van der Waals surface area contributed by atoms with E-state index in [-0.39, 0.29) is 0 Å². The van der Waals surface area contributed by atoms with E-state index in [2.05, 4.69) is 41.4 Å². The van der Waals surface area contributed by atoms with E-state index in [1.165, 1.54) is 5.56 Å². The maximum absolute atomic E-state index is 4.79. The highest BCUT2D eigenvalue weighted by molar-refractivity contribution is 5.81. The van der Waals surface area contributed by atoms with E-state index in [0.717, 1.165) is 28.2 Å². The van der Waals surface area contributed by atoms with Crippen molar-refractivity contribution in [1.29, 1.82) is 0 Å². The number of rotatable bonds is 3. The molecule has 4 aromatic rings. The fourth-order valence-electron chi connectivity index (χ4n) is 2.81. The molecule has 3 aromatic carbocycles. The first kappa shape index (κ1) is 14.3. The Morgan fingerprint density at radius 3 is 1.79 bits per heavy atom. The molecule has 1 aromatic heterocycles. The molecule has 0 saturated carbocycles. The minimum Gasteiger partial charge on any atom is -0.237 e. The summed E-state index contributed by atoms with van der Waals surface area (Å²) >= 11 is 0. The minimum absolute atomic E-state index is 0.746. The highest BCUT2D eigenvalue weighted by Gasteiger charge is 2.10. The van der Waals surface area contributed by atoms with Gasteiger partial charge in [0.2, 0.25) is 0 Å². The molecule has 2 heteroatoms. The fourth-order valence-corrected chi connectivity index (χ4v) is 2.81. The molecule has 0 spiro atoms. The second kappa shape index (κ2) is 6.47. The first-order valence-corrected chi connectivity index (χ1v) is 7.95. The van der Waals surface area contributed by atoms with Gasteiger partial charge in [-0.05, 0) is 17.2 Å². The molecule has 0 aliphatic rings. The van der Waals surface area contributed by atoms with Gasteiger partial charge in [0, 0.05) is 17.3 Å². The average Bonchev–Trinajstić information content (AvgIpc) is 2.69. The van der Waals surface area contributed by atoms with Gasteiger partial charge < -0.3 is 0 Å². The summed E-state index contributed by atoms with van der Waals surface area (Å²) in [5.74, 6) is 0.746. The Morgan fingerprint density at radius 1 is 0.500 bits per heavy atom. The lowest BCUT2D eigenvalue weighted by atomic mass is 9.99. The van der Waals surface area contributed by atoms with Crippen LogP contribution >= 0.6 is 0 Å². The van der Waals surface area contributed by atoms with Crippen molar-refractivity contribution >= 4 is 0 Å². The molecule has 2 nitrogen and oxygen atoms in total. The molecule has 0 saturated heterocycles. The van der Waals surface area contributed by atoms with Crippen LogP contribution in [0.1, 0.15) is 0 Å². The summed E-state index contributed by atoms with van der Waals surface area (Å²) in [5, 5.41) is 0. The lowest BCUT2D eigenvalue weighted by molar-refractivity contribution is 1.18. The van der Waals surface area contributed by atoms with Crippen molar-refractivity contribution in [2.45, 2.75) is 0 Å². The Morgan fingerprint density at radius 2 is 1.08 bits per heavy atom. The fraction of sp³-hybridized carbons (Fsp3) is 0. The molecular weight excluding hydrogens is 292 g/mol. The lowest BCUT2D eigenvalue weighted by Gasteiger charge is -2.10. The molecule has 0 amide bonds. The number of hydrogen-bond donors (Lipinski definition) is 0. The van der Waals surface area contributed by atoms with Gasteiger partial charge in [-0.1, -0.05) is 84.9 Å². The Hall–Kier alpha value is -3.26.